The SMILES string of the molecule is CC(N)C(=O)Oc1ccc(C(C(=N)N)(c2ccccc2)c2ccccc2)cc1. The lowest BCUT2D eigenvalue weighted by Crippen LogP contribution is -2.42. The fourth-order valence-corrected chi connectivity index (χ4v) is 3.32. The first kappa shape index (κ1) is 19.3. The van der Waals surface area contributed by atoms with Gasteiger partial charge < -0.3 is 16.2 Å². The smallest absolute Gasteiger partial charge is 0.328 e. The second kappa shape index (κ2) is 8.06. The quantitative estimate of drug-likeness (QED) is 0.203. The van der Waals surface area contributed by atoms with E-state index in [1.54, 1.807) is 19.1 Å². The van der Waals surface area contributed by atoms with Gasteiger partial charge in [-0.25, -0.2) is 4.79 Å². The lowest BCUT2D eigenvalue weighted by atomic mass is 9.68. The molecule has 0 saturated carbocycles. The van der Waals surface area contributed by atoms with Crippen molar-refractivity contribution in [2.75, 3.05) is 0 Å². The second-order valence-electron chi connectivity index (χ2n) is 6.63. The molecule has 5 heteroatoms. The Bertz CT molecular complexity index is 913. The first-order valence-corrected chi connectivity index (χ1v) is 8.99. The molecule has 0 saturated heterocycles. The van der Waals surface area contributed by atoms with Crippen LogP contribution in [-0.2, 0) is 10.2 Å². The summed E-state index contributed by atoms with van der Waals surface area (Å²) in [5.74, 6) is -0.105. The lowest BCUT2D eigenvalue weighted by molar-refractivity contribution is -0.135. The topological polar surface area (TPSA) is 102 Å². The summed E-state index contributed by atoms with van der Waals surface area (Å²) in [6.45, 7) is 1.57. The highest BCUT2D eigenvalue weighted by atomic mass is 16.5. The summed E-state index contributed by atoms with van der Waals surface area (Å²) in [5, 5.41) is 8.51. The fourth-order valence-electron chi connectivity index (χ4n) is 3.32. The Balaban J connectivity index is 2.15. The first-order chi connectivity index (χ1) is 13.5. The van der Waals surface area contributed by atoms with E-state index in [9.17, 15) is 4.79 Å². The van der Waals surface area contributed by atoms with E-state index in [-0.39, 0.29) is 5.84 Å². The van der Waals surface area contributed by atoms with Crippen LogP contribution in [0.25, 0.3) is 0 Å². The van der Waals surface area contributed by atoms with Crippen LogP contribution < -0.4 is 16.2 Å². The molecule has 3 aromatic carbocycles. The highest BCUT2D eigenvalue weighted by molar-refractivity contribution is 5.97. The average molecular weight is 373 g/mol. The first-order valence-electron chi connectivity index (χ1n) is 8.99. The van der Waals surface area contributed by atoms with Gasteiger partial charge in [0.2, 0.25) is 0 Å². The maximum absolute atomic E-state index is 11.7. The van der Waals surface area contributed by atoms with Gasteiger partial charge in [0.15, 0.2) is 0 Å². The molecule has 28 heavy (non-hydrogen) atoms. The number of esters is 1. The molecule has 0 bridgehead atoms. The standard InChI is InChI=1S/C23H23N3O2/c1-16(24)21(27)28-20-14-12-19(13-15-20)23(22(25)26,17-8-4-2-5-9-17)18-10-6-3-7-11-18/h2-16H,24H2,1H3,(H3,25,26). The minimum Gasteiger partial charge on any atom is -0.425 e. The molecule has 5 N–H and O–H groups in total. The maximum Gasteiger partial charge on any atom is 0.328 e. The van der Waals surface area contributed by atoms with Gasteiger partial charge in [0, 0.05) is 0 Å². The molecular formula is C23H23N3O2. The maximum atomic E-state index is 11.7. The van der Waals surface area contributed by atoms with Crippen LogP contribution in [0.2, 0.25) is 0 Å². The monoisotopic (exact) mass is 373 g/mol. The molecule has 0 aliphatic heterocycles. The molecule has 3 aromatic rings. The summed E-state index contributed by atoms with van der Waals surface area (Å²) >= 11 is 0. The van der Waals surface area contributed by atoms with E-state index < -0.39 is 17.4 Å². The van der Waals surface area contributed by atoms with E-state index in [0.717, 1.165) is 16.7 Å². The summed E-state index contributed by atoms with van der Waals surface area (Å²) in [5.41, 5.74) is 13.4. The van der Waals surface area contributed by atoms with Crippen LogP contribution in [-0.4, -0.2) is 17.8 Å². The molecule has 0 aromatic heterocycles. The largest absolute Gasteiger partial charge is 0.425 e. The Morgan fingerprint density at radius 1 is 0.857 bits per heavy atom. The number of carbonyl (C=O) groups excluding carboxylic acids is 1. The van der Waals surface area contributed by atoms with E-state index in [0.29, 0.717) is 5.75 Å². The van der Waals surface area contributed by atoms with E-state index in [2.05, 4.69) is 0 Å². The van der Waals surface area contributed by atoms with Gasteiger partial charge in [-0.3, -0.25) is 5.41 Å². The van der Waals surface area contributed by atoms with Gasteiger partial charge in [-0.2, -0.15) is 0 Å². The van der Waals surface area contributed by atoms with Crippen LogP contribution in [0.15, 0.2) is 84.9 Å². The molecular weight excluding hydrogens is 350 g/mol. The number of nitrogens with one attached hydrogen (secondary N) is 1. The number of benzene rings is 3. The van der Waals surface area contributed by atoms with Crippen molar-refractivity contribution in [1.82, 2.24) is 0 Å². The van der Waals surface area contributed by atoms with E-state index >= 15 is 0 Å². The molecule has 0 spiro atoms. The van der Waals surface area contributed by atoms with Crippen molar-refractivity contribution >= 4 is 11.8 Å². The van der Waals surface area contributed by atoms with Crippen molar-refractivity contribution < 1.29 is 9.53 Å². The third-order valence-corrected chi connectivity index (χ3v) is 4.70. The minimum atomic E-state index is -0.952. The third-order valence-electron chi connectivity index (χ3n) is 4.70. The molecule has 3 rings (SSSR count). The van der Waals surface area contributed by atoms with Crippen molar-refractivity contribution in [3.05, 3.63) is 102 Å². The molecule has 0 aliphatic carbocycles. The van der Waals surface area contributed by atoms with Gasteiger partial charge in [0.25, 0.3) is 0 Å². The van der Waals surface area contributed by atoms with E-state index in [4.69, 9.17) is 21.6 Å². The summed E-state index contributed by atoms with van der Waals surface area (Å²) in [6.07, 6.45) is 0. The van der Waals surface area contributed by atoms with Crippen LogP contribution in [0.4, 0.5) is 0 Å². The zero-order valence-corrected chi connectivity index (χ0v) is 15.6. The van der Waals surface area contributed by atoms with Crippen molar-refractivity contribution in [3.8, 4) is 5.75 Å². The number of rotatable bonds is 6. The van der Waals surface area contributed by atoms with Gasteiger partial charge in [-0.15, -0.1) is 0 Å². The van der Waals surface area contributed by atoms with Gasteiger partial charge in [-0.1, -0.05) is 72.8 Å². The van der Waals surface area contributed by atoms with Crippen LogP contribution >= 0.6 is 0 Å². The molecule has 0 amide bonds. The number of ether oxygens (including phenoxy) is 1. The van der Waals surface area contributed by atoms with Crippen LogP contribution in [0.3, 0.4) is 0 Å². The third kappa shape index (κ3) is 3.52. The average Bonchev–Trinajstić information content (AvgIpc) is 2.71. The van der Waals surface area contributed by atoms with Crippen molar-refractivity contribution in [1.29, 1.82) is 5.41 Å². The highest BCUT2D eigenvalue weighted by Gasteiger charge is 2.39. The summed E-state index contributed by atoms with van der Waals surface area (Å²) < 4.78 is 5.27. The molecule has 1 atom stereocenters. The Kier molecular flexibility index (Phi) is 5.57. The number of nitrogens with two attached hydrogens (primary N) is 2. The fraction of sp³-hybridized carbons (Fsp3) is 0.130. The van der Waals surface area contributed by atoms with Crippen LogP contribution in [0.1, 0.15) is 23.6 Å². The number of carbonyl (C=O) groups is 1. The Morgan fingerprint density at radius 2 is 1.29 bits per heavy atom. The van der Waals surface area contributed by atoms with Gasteiger partial charge in [0.05, 0.1) is 0 Å². The van der Waals surface area contributed by atoms with Crippen molar-refractivity contribution in [2.24, 2.45) is 11.5 Å². The van der Waals surface area contributed by atoms with Crippen molar-refractivity contribution in [2.45, 2.75) is 18.4 Å². The van der Waals surface area contributed by atoms with E-state index in [1.807, 2.05) is 72.8 Å². The molecule has 1 unspecified atom stereocenters. The molecule has 0 fully saturated rings. The molecule has 0 heterocycles. The molecule has 142 valence electrons. The predicted octanol–water partition coefficient (Wildman–Crippen LogP) is 3.21. The summed E-state index contributed by atoms with van der Waals surface area (Å²) in [4.78, 5) is 11.7. The number of hydrogen-bond acceptors (Lipinski definition) is 4. The molecule has 0 aliphatic rings. The Hall–Kier alpha value is -3.44. The van der Waals surface area contributed by atoms with Gasteiger partial charge in [-0.05, 0) is 35.7 Å². The zero-order valence-electron chi connectivity index (χ0n) is 15.6. The predicted molar refractivity (Wildman–Crippen MR) is 110 cm³/mol. The highest BCUT2D eigenvalue weighted by Crippen LogP contribution is 2.39. The van der Waals surface area contributed by atoms with Crippen LogP contribution in [0, 0.1) is 5.41 Å². The Morgan fingerprint density at radius 3 is 1.68 bits per heavy atom. The minimum absolute atomic E-state index is 0.00484. The van der Waals surface area contributed by atoms with Crippen LogP contribution in [0.5, 0.6) is 5.75 Å². The number of hydrogen-bond donors (Lipinski definition) is 3. The normalized spacial score (nSPS) is 12.2. The number of amidine groups is 1. The lowest BCUT2D eigenvalue weighted by Gasteiger charge is -2.34. The summed E-state index contributed by atoms with van der Waals surface area (Å²) in [7, 11) is 0. The molecule has 5 nitrogen and oxygen atoms in total. The molecule has 0 radical (unpaired) electrons. The van der Waals surface area contributed by atoms with Crippen molar-refractivity contribution in [3.63, 3.8) is 0 Å². The van der Waals surface area contributed by atoms with E-state index in [1.165, 1.54) is 0 Å². The summed E-state index contributed by atoms with van der Waals surface area (Å²) in [6, 6.07) is 25.7. The van der Waals surface area contributed by atoms with Gasteiger partial charge >= 0.3 is 5.97 Å². The Labute approximate surface area is 164 Å². The van der Waals surface area contributed by atoms with Gasteiger partial charge in [0.1, 0.15) is 23.0 Å². The zero-order chi connectivity index (χ0) is 20.1. The second-order valence-corrected chi connectivity index (χ2v) is 6.63.